The van der Waals surface area contributed by atoms with Gasteiger partial charge < -0.3 is 84.9 Å². The highest BCUT2D eigenvalue weighted by Crippen LogP contribution is 2.35. The third kappa shape index (κ3) is 20.1. The molecule has 3 rings (SSSR count). The molecule has 25 heteroatoms. The maximum Gasteiger partial charge on any atom is 0.410 e. The van der Waals surface area contributed by atoms with Crippen LogP contribution in [-0.2, 0) is 48.0 Å². The van der Waals surface area contributed by atoms with E-state index in [0.29, 0.717) is 0 Å². The summed E-state index contributed by atoms with van der Waals surface area (Å²) < 4.78 is 71.9. The molecule has 1 aliphatic carbocycles. The minimum atomic E-state index is -4.38. The molecular weight excluding hydrogens is 945 g/mol. The van der Waals surface area contributed by atoms with Gasteiger partial charge in [-0.3, -0.25) is 4.79 Å². The Labute approximate surface area is 412 Å². The van der Waals surface area contributed by atoms with Crippen molar-refractivity contribution in [3.63, 3.8) is 0 Å². The second-order valence-corrected chi connectivity index (χ2v) is 24.4. The van der Waals surface area contributed by atoms with Crippen LogP contribution in [0.15, 0.2) is 11.8 Å². The molecule has 1 saturated heterocycles. The molecule has 1 unspecified atom stereocenters. The maximum atomic E-state index is 13.9. The first-order valence-electron chi connectivity index (χ1n) is 23.5. The maximum absolute atomic E-state index is 13.9. The number of aliphatic hydroxyl groups is 5. The molecule has 24 nitrogen and oxygen atoms in total. The van der Waals surface area contributed by atoms with Gasteiger partial charge in [-0.15, -0.1) is 0 Å². The highest BCUT2D eigenvalue weighted by molar-refractivity contribution is 7.89. The van der Waals surface area contributed by atoms with Crippen molar-refractivity contribution in [1.82, 2.24) is 30.9 Å². The van der Waals surface area contributed by atoms with Crippen LogP contribution in [0, 0.1) is 5.41 Å². The van der Waals surface area contributed by atoms with Crippen molar-refractivity contribution >= 4 is 34.2 Å². The van der Waals surface area contributed by atoms with E-state index in [0.717, 1.165) is 4.90 Å². The zero-order valence-corrected chi connectivity index (χ0v) is 44.0. The van der Waals surface area contributed by atoms with Crippen LogP contribution in [-0.4, -0.2) is 198 Å². The van der Waals surface area contributed by atoms with E-state index in [1.54, 1.807) is 68.4 Å². The summed E-state index contributed by atoms with van der Waals surface area (Å²) in [4.78, 5) is 53.6. The van der Waals surface area contributed by atoms with E-state index in [2.05, 4.69) is 26.0 Å². The van der Waals surface area contributed by atoms with Gasteiger partial charge >= 0.3 is 18.3 Å². The summed E-state index contributed by atoms with van der Waals surface area (Å²) in [7, 11) is -3.08. The largest absolute Gasteiger partial charge is 0.466 e. The van der Waals surface area contributed by atoms with E-state index in [4.69, 9.17) is 33.2 Å². The number of likely N-dealkylation sites (N-methyl/N-ethyl adjacent to an activating group) is 1. The van der Waals surface area contributed by atoms with Crippen LogP contribution >= 0.6 is 0 Å². The van der Waals surface area contributed by atoms with Gasteiger partial charge in [0.15, 0.2) is 6.29 Å². The van der Waals surface area contributed by atoms with Crippen LogP contribution in [0.25, 0.3) is 0 Å². The summed E-state index contributed by atoms with van der Waals surface area (Å²) in [5, 5.41) is 66.1. The number of hydrogen-bond donors (Lipinski definition) is 10. The molecule has 4 amide bonds. The normalized spacial score (nSPS) is 29.4. The van der Waals surface area contributed by atoms with Crippen molar-refractivity contribution in [1.29, 1.82) is 0 Å². The molecule has 0 radical (unpaired) electrons. The van der Waals surface area contributed by atoms with Gasteiger partial charge in [0.1, 0.15) is 52.6 Å². The Hall–Kier alpha value is -3.63. The molecule has 12 atom stereocenters. The van der Waals surface area contributed by atoms with Crippen molar-refractivity contribution in [3.8, 4) is 0 Å². The molecule has 0 aromatic heterocycles. The van der Waals surface area contributed by atoms with Gasteiger partial charge in [0.05, 0.1) is 55.8 Å². The van der Waals surface area contributed by atoms with Gasteiger partial charge in [-0.25, -0.2) is 27.5 Å². The molecular formula is C45H82N6O18S. The van der Waals surface area contributed by atoms with Gasteiger partial charge in [0.25, 0.3) is 0 Å². The van der Waals surface area contributed by atoms with Crippen LogP contribution in [0.2, 0.25) is 0 Å². The Morgan fingerprint density at radius 3 is 1.93 bits per heavy atom. The molecule has 2 fully saturated rings. The van der Waals surface area contributed by atoms with Crippen molar-refractivity contribution in [3.05, 3.63) is 11.8 Å². The molecule has 0 aromatic carbocycles. The topological polar surface area (TPSA) is 332 Å². The number of rotatable bonds is 18. The highest BCUT2D eigenvalue weighted by Gasteiger charge is 2.55. The lowest BCUT2D eigenvalue weighted by atomic mass is 9.83. The SMILES string of the molecule is CN(C(=O)OC(C)(C)C)[C@@H]1[C@@H](O)[C@@H](O[C@@H]2[C@@H](O)[C@H](O[C@H]3OC(CNCC(O)CO)=CC[C@H]3NC(=O)OC(C)(C)C)[C@@H](NC(=O)OC(C)(C)C)C[C@H]2NS(=O)(=O)CCNC(=O)CC(C)(C)C)OC[C@]1(C)O. The number of hydrogen-bond acceptors (Lipinski definition) is 19. The summed E-state index contributed by atoms with van der Waals surface area (Å²) in [6.07, 6.45) is -12.8. The molecule has 2 aliphatic heterocycles. The predicted molar refractivity (Wildman–Crippen MR) is 252 cm³/mol. The third-order valence-electron chi connectivity index (χ3n) is 10.6. The van der Waals surface area contributed by atoms with Crippen LogP contribution in [0.3, 0.4) is 0 Å². The summed E-state index contributed by atoms with van der Waals surface area (Å²) in [5.41, 5.74) is -5.19. The van der Waals surface area contributed by atoms with Crippen molar-refractivity contribution < 1.29 is 86.3 Å². The first kappa shape index (κ1) is 60.7. The minimum Gasteiger partial charge on any atom is -0.466 e. The number of alkyl carbamates (subject to hydrolysis) is 2. The second-order valence-electron chi connectivity index (χ2n) is 22.5. The lowest BCUT2D eigenvalue weighted by Crippen LogP contribution is -2.70. The Balaban J connectivity index is 2.14. The number of nitrogens with zero attached hydrogens (tertiary/aromatic N) is 1. The van der Waals surface area contributed by atoms with Crippen molar-refractivity contribution in [2.24, 2.45) is 5.41 Å². The summed E-state index contributed by atoms with van der Waals surface area (Å²) in [6.45, 7) is 20.2. The van der Waals surface area contributed by atoms with Gasteiger partial charge in [0, 0.05) is 26.6 Å². The Kier molecular flexibility index (Phi) is 21.1. The average Bonchev–Trinajstić information content (AvgIpc) is 3.16. The monoisotopic (exact) mass is 1030 g/mol. The van der Waals surface area contributed by atoms with Gasteiger partial charge in [-0.2, -0.15) is 0 Å². The zero-order chi connectivity index (χ0) is 53.4. The molecule has 1 saturated carbocycles. The first-order chi connectivity index (χ1) is 31.9. The number of nitrogens with one attached hydrogen (secondary N) is 5. The molecule has 2 heterocycles. The lowest BCUT2D eigenvalue weighted by Gasteiger charge is -2.50. The molecule has 70 heavy (non-hydrogen) atoms. The number of carbonyl (C=O) groups is 4. The van der Waals surface area contributed by atoms with E-state index < -0.39 is 143 Å². The standard InChI is InChI=1S/C45H82N6O18S/c1-41(2,3)20-30(54)47-17-18-70(61,62)50-29-19-28(49-39(58)68-43(7,8)9)33(65-36-27(48-38(57)67-42(4,5)6)16-15-26(64-36)22-46-21-25(53)23-52)31(55)34(29)66-37-32(56)35(45(13,60)24-63-37)51(14)40(59)69-44(10,11)12/h15,25,27-29,31-37,46,50,52-53,55-56,60H,16-24H2,1-14H3,(H,47,54)(H,48,57)(H,49,58)/t25?,27-,28+,29-,31+,32-,33-,34+,35-,36-,37-,45+/m1/s1. The molecule has 0 bridgehead atoms. The van der Waals surface area contributed by atoms with Crippen LogP contribution < -0.4 is 26.0 Å². The first-order valence-corrected chi connectivity index (χ1v) is 25.1. The predicted octanol–water partition coefficient (Wildman–Crippen LogP) is 0.425. The summed E-state index contributed by atoms with van der Waals surface area (Å²) in [5.74, 6) is -0.754. The number of amides is 4. The van der Waals surface area contributed by atoms with Crippen LogP contribution in [0.1, 0.15) is 109 Å². The van der Waals surface area contributed by atoms with Crippen molar-refractivity contribution in [2.75, 3.05) is 45.6 Å². The van der Waals surface area contributed by atoms with E-state index in [-0.39, 0.29) is 49.6 Å². The van der Waals surface area contributed by atoms with Gasteiger partial charge in [-0.05, 0) is 93.6 Å². The number of aliphatic hydroxyl groups excluding tert-OH is 4. The molecule has 3 aliphatic rings. The number of sulfonamides is 1. The Bertz CT molecular complexity index is 1900. The van der Waals surface area contributed by atoms with Gasteiger partial charge in [0.2, 0.25) is 22.2 Å². The zero-order valence-electron chi connectivity index (χ0n) is 43.2. The summed E-state index contributed by atoms with van der Waals surface area (Å²) in [6, 6.07) is -5.26. The van der Waals surface area contributed by atoms with Crippen molar-refractivity contribution in [2.45, 2.75) is 199 Å². The van der Waals surface area contributed by atoms with E-state index in [9.17, 15) is 53.1 Å². The fraction of sp³-hybridized carbons (Fsp3) is 0.867. The fourth-order valence-electron chi connectivity index (χ4n) is 7.80. The molecule has 10 N–H and O–H groups in total. The molecule has 0 aromatic rings. The number of carbonyl (C=O) groups excluding carboxylic acids is 4. The average molecular weight is 1030 g/mol. The Morgan fingerprint density at radius 1 is 0.843 bits per heavy atom. The van der Waals surface area contributed by atoms with E-state index >= 15 is 0 Å². The lowest BCUT2D eigenvalue weighted by molar-refractivity contribution is -0.311. The summed E-state index contributed by atoms with van der Waals surface area (Å²) >= 11 is 0. The smallest absolute Gasteiger partial charge is 0.410 e. The molecule has 406 valence electrons. The third-order valence-corrected chi connectivity index (χ3v) is 12.0. The van der Waals surface area contributed by atoms with Gasteiger partial charge in [-0.1, -0.05) is 20.8 Å². The second kappa shape index (κ2) is 24.4. The highest BCUT2D eigenvalue weighted by atomic mass is 32.2. The quantitative estimate of drug-likeness (QED) is 0.0832. The molecule has 0 spiro atoms. The van der Waals surface area contributed by atoms with Crippen LogP contribution in [0.4, 0.5) is 14.4 Å². The van der Waals surface area contributed by atoms with Crippen LogP contribution in [0.5, 0.6) is 0 Å². The Morgan fingerprint density at radius 2 is 1.39 bits per heavy atom. The van der Waals surface area contributed by atoms with E-state index in [1.807, 2.05) is 20.8 Å². The van der Waals surface area contributed by atoms with E-state index in [1.165, 1.54) is 14.0 Å². The minimum absolute atomic E-state index is 0.00866. The number of ether oxygens (including phenoxy) is 7. The fourth-order valence-corrected chi connectivity index (χ4v) is 8.98.